The van der Waals surface area contributed by atoms with Crippen molar-refractivity contribution in [3.8, 4) is 0 Å². The Morgan fingerprint density at radius 3 is 2.65 bits per heavy atom. The lowest BCUT2D eigenvalue weighted by atomic mass is 10.1. The molecule has 0 radical (unpaired) electrons. The zero-order chi connectivity index (χ0) is 14.7. The highest BCUT2D eigenvalue weighted by molar-refractivity contribution is 7.10. The van der Waals surface area contributed by atoms with E-state index in [2.05, 4.69) is 29.8 Å². The largest absolute Gasteiger partial charge is 0.377 e. The lowest BCUT2D eigenvalue weighted by Gasteiger charge is -2.18. The summed E-state index contributed by atoms with van der Waals surface area (Å²) in [4.78, 5) is 14.9. The summed E-state index contributed by atoms with van der Waals surface area (Å²) in [5.41, 5.74) is 2.86. The van der Waals surface area contributed by atoms with Crippen molar-refractivity contribution < 1.29 is 4.79 Å². The Kier molecular flexibility index (Phi) is 4.45. The first-order valence-electron chi connectivity index (χ1n) is 6.61. The van der Waals surface area contributed by atoms with Gasteiger partial charge in [-0.15, -0.1) is 11.3 Å². The minimum atomic E-state index is 0.0248. The fourth-order valence-corrected chi connectivity index (χ4v) is 2.75. The van der Waals surface area contributed by atoms with Crippen molar-refractivity contribution in [2.75, 3.05) is 19.4 Å². The van der Waals surface area contributed by atoms with Crippen LogP contribution in [0.3, 0.4) is 0 Å². The first-order valence-corrected chi connectivity index (χ1v) is 7.49. The SMILES string of the molecule is Cc1ccc(C(=O)N(C)C)cc1NC(C)c1cccs1. The number of aryl methyl sites for hydroxylation is 1. The molecule has 0 saturated carbocycles. The number of nitrogens with one attached hydrogen (secondary N) is 1. The summed E-state index contributed by atoms with van der Waals surface area (Å²) in [5, 5.41) is 5.56. The van der Waals surface area contributed by atoms with Crippen LogP contribution in [0.1, 0.15) is 33.8 Å². The fraction of sp³-hybridized carbons (Fsp3) is 0.312. The predicted octanol–water partition coefficient (Wildman–Crippen LogP) is 3.93. The quantitative estimate of drug-likeness (QED) is 0.924. The highest BCUT2D eigenvalue weighted by atomic mass is 32.1. The van der Waals surface area contributed by atoms with E-state index in [0.717, 1.165) is 11.3 Å². The van der Waals surface area contributed by atoms with E-state index in [9.17, 15) is 4.79 Å². The van der Waals surface area contributed by atoms with E-state index in [1.165, 1.54) is 4.88 Å². The van der Waals surface area contributed by atoms with Crippen LogP contribution in [0.25, 0.3) is 0 Å². The zero-order valence-corrected chi connectivity index (χ0v) is 13.1. The second kappa shape index (κ2) is 6.09. The maximum atomic E-state index is 12.0. The molecule has 0 bridgehead atoms. The van der Waals surface area contributed by atoms with Gasteiger partial charge in [-0.25, -0.2) is 0 Å². The molecule has 1 atom stereocenters. The third-order valence-electron chi connectivity index (χ3n) is 3.23. The monoisotopic (exact) mass is 288 g/mol. The van der Waals surface area contributed by atoms with Crippen molar-refractivity contribution in [1.82, 2.24) is 4.90 Å². The van der Waals surface area contributed by atoms with E-state index >= 15 is 0 Å². The van der Waals surface area contributed by atoms with Gasteiger partial charge in [-0.3, -0.25) is 4.79 Å². The van der Waals surface area contributed by atoms with Crippen LogP contribution in [0, 0.1) is 6.92 Å². The number of benzene rings is 1. The molecule has 2 aromatic rings. The molecule has 1 N–H and O–H groups in total. The maximum absolute atomic E-state index is 12.0. The molecule has 1 amide bonds. The van der Waals surface area contributed by atoms with Crippen molar-refractivity contribution in [3.05, 3.63) is 51.7 Å². The van der Waals surface area contributed by atoms with Crippen LogP contribution in [-0.4, -0.2) is 24.9 Å². The van der Waals surface area contributed by atoms with Crippen LogP contribution in [0.5, 0.6) is 0 Å². The Morgan fingerprint density at radius 1 is 1.30 bits per heavy atom. The molecule has 1 aromatic carbocycles. The molecule has 1 heterocycles. The van der Waals surface area contributed by atoms with E-state index in [4.69, 9.17) is 0 Å². The van der Waals surface area contributed by atoms with Crippen LogP contribution in [0.15, 0.2) is 35.7 Å². The summed E-state index contributed by atoms with van der Waals surface area (Å²) >= 11 is 1.73. The second-order valence-corrected chi connectivity index (χ2v) is 6.09. The van der Waals surface area contributed by atoms with Gasteiger partial charge in [-0.05, 0) is 43.0 Å². The summed E-state index contributed by atoms with van der Waals surface area (Å²) in [6.45, 7) is 4.18. The lowest BCUT2D eigenvalue weighted by molar-refractivity contribution is 0.0827. The van der Waals surface area contributed by atoms with Crippen LogP contribution in [0.2, 0.25) is 0 Å². The number of carbonyl (C=O) groups is 1. The molecule has 0 spiro atoms. The van der Waals surface area contributed by atoms with Crippen molar-refractivity contribution in [3.63, 3.8) is 0 Å². The van der Waals surface area contributed by atoms with Gasteiger partial charge in [-0.2, -0.15) is 0 Å². The van der Waals surface area contributed by atoms with Gasteiger partial charge in [0.25, 0.3) is 5.91 Å². The number of rotatable bonds is 4. The minimum Gasteiger partial charge on any atom is -0.377 e. The maximum Gasteiger partial charge on any atom is 0.253 e. The van der Waals surface area contributed by atoms with Crippen LogP contribution in [0.4, 0.5) is 5.69 Å². The van der Waals surface area contributed by atoms with Gasteiger partial charge in [0.1, 0.15) is 0 Å². The third-order valence-corrected chi connectivity index (χ3v) is 4.29. The van der Waals surface area contributed by atoms with Crippen molar-refractivity contribution in [2.45, 2.75) is 19.9 Å². The van der Waals surface area contributed by atoms with Gasteiger partial charge < -0.3 is 10.2 Å². The molecule has 4 heteroatoms. The molecule has 1 aromatic heterocycles. The Labute approximate surface area is 124 Å². The van der Waals surface area contributed by atoms with E-state index in [-0.39, 0.29) is 11.9 Å². The fourth-order valence-electron chi connectivity index (χ4n) is 2.01. The highest BCUT2D eigenvalue weighted by Gasteiger charge is 2.12. The Morgan fingerprint density at radius 2 is 2.05 bits per heavy atom. The van der Waals surface area contributed by atoms with Gasteiger partial charge in [0.2, 0.25) is 0 Å². The normalized spacial score (nSPS) is 12.0. The molecule has 0 fully saturated rings. The molecule has 2 rings (SSSR count). The summed E-state index contributed by atoms with van der Waals surface area (Å²) in [6.07, 6.45) is 0. The molecular formula is C16H20N2OS. The number of thiophene rings is 1. The van der Waals surface area contributed by atoms with Gasteiger partial charge in [0.05, 0.1) is 6.04 Å². The standard InChI is InChI=1S/C16H20N2OS/c1-11-7-8-13(16(19)18(3)4)10-14(11)17-12(2)15-6-5-9-20-15/h5-10,12,17H,1-4H3. The van der Waals surface area contributed by atoms with E-state index in [1.807, 2.05) is 25.1 Å². The number of carbonyl (C=O) groups excluding carboxylic acids is 1. The van der Waals surface area contributed by atoms with Gasteiger partial charge in [0, 0.05) is 30.2 Å². The number of anilines is 1. The first-order chi connectivity index (χ1) is 9.49. The molecule has 20 heavy (non-hydrogen) atoms. The molecule has 0 aliphatic heterocycles. The molecule has 3 nitrogen and oxygen atoms in total. The molecular weight excluding hydrogens is 268 g/mol. The predicted molar refractivity (Wildman–Crippen MR) is 85.6 cm³/mol. The number of hydrogen-bond acceptors (Lipinski definition) is 3. The second-order valence-electron chi connectivity index (χ2n) is 5.11. The first kappa shape index (κ1) is 14.6. The van der Waals surface area contributed by atoms with Crippen molar-refractivity contribution in [1.29, 1.82) is 0 Å². The van der Waals surface area contributed by atoms with Crippen LogP contribution >= 0.6 is 11.3 Å². The average Bonchev–Trinajstić information content (AvgIpc) is 2.94. The van der Waals surface area contributed by atoms with E-state index in [0.29, 0.717) is 5.56 Å². The summed E-state index contributed by atoms with van der Waals surface area (Å²) in [5.74, 6) is 0.0248. The molecule has 106 valence electrons. The summed E-state index contributed by atoms with van der Waals surface area (Å²) < 4.78 is 0. The molecule has 0 aliphatic carbocycles. The van der Waals surface area contributed by atoms with Crippen molar-refractivity contribution >= 4 is 22.9 Å². The van der Waals surface area contributed by atoms with Crippen molar-refractivity contribution in [2.24, 2.45) is 0 Å². The minimum absolute atomic E-state index is 0.0248. The van der Waals surface area contributed by atoms with Gasteiger partial charge in [-0.1, -0.05) is 12.1 Å². The molecule has 0 saturated heterocycles. The molecule has 1 unspecified atom stereocenters. The average molecular weight is 288 g/mol. The Hall–Kier alpha value is -1.81. The third kappa shape index (κ3) is 3.20. The number of amides is 1. The smallest absolute Gasteiger partial charge is 0.253 e. The molecule has 0 aliphatic rings. The topological polar surface area (TPSA) is 32.3 Å². The number of hydrogen-bond donors (Lipinski definition) is 1. The summed E-state index contributed by atoms with van der Waals surface area (Å²) in [7, 11) is 3.53. The van der Waals surface area contributed by atoms with E-state index < -0.39 is 0 Å². The zero-order valence-electron chi connectivity index (χ0n) is 12.3. The van der Waals surface area contributed by atoms with Gasteiger partial charge >= 0.3 is 0 Å². The van der Waals surface area contributed by atoms with Crippen LogP contribution < -0.4 is 5.32 Å². The Balaban J connectivity index is 2.23. The van der Waals surface area contributed by atoms with Gasteiger partial charge in [0.15, 0.2) is 0 Å². The van der Waals surface area contributed by atoms with Crippen LogP contribution in [-0.2, 0) is 0 Å². The number of nitrogens with zero attached hydrogens (tertiary/aromatic N) is 1. The summed E-state index contributed by atoms with van der Waals surface area (Å²) in [6, 6.07) is 10.2. The Bertz CT molecular complexity index is 591. The van der Waals surface area contributed by atoms with E-state index in [1.54, 1.807) is 30.3 Å². The lowest BCUT2D eigenvalue weighted by Crippen LogP contribution is -2.21. The highest BCUT2D eigenvalue weighted by Crippen LogP contribution is 2.26.